The standard InChI is InChI=1S/C17H18O4/c1-12(18)21-11-10-17(13-2-6-15(19)7-3-13)14-4-8-16(20)9-5-14/h2-9,17,19-20H,10-11H2,1H3. The van der Waals surface area contributed by atoms with Gasteiger partial charge in [-0.1, -0.05) is 24.3 Å². The summed E-state index contributed by atoms with van der Waals surface area (Å²) in [5.74, 6) is 0.155. The summed E-state index contributed by atoms with van der Waals surface area (Å²) < 4.78 is 5.03. The van der Waals surface area contributed by atoms with Gasteiger partial charge in [0.15, 0.2) is 0 Å². The molecule has 0 spiro atoms. The van der Waals surface area contributed by atoms with Crippen molar-refractivity contribution in [3.05, 3.63) is 59.7 Å². The number of carbonyl (C=O) groups excluding carboxylic acids is 1. The van der Waals surface area contributed by atoms with Gasteiger partial charge in [0.25, 0.3) is 0 Å². The number of rotatable bonds is 5. The first-order valence-electron chi connectivity index (χ1n) is 6.77. The number of phenols is 2. The van der Waals surface area contributed by atoms with Gasteiger partial charge in [0.05, 0.1) is 6.61 Å². The lowest BCUT2D eigenvalue weighted by Crippen LogP contribution is -2.08. The van der Waals surface area contributed by atoms with Crippen LogP contribution in [0.2, 0.25) is 0 Å². The van der Waals surface area contributed by atoms with Crippen LogP contribution in [0.4, 0.5) is 0 Å². The molecule has 0 aliphatic heterocycles. The van der Waals surface area contributed by atoms with E-state index < -0.39 is 0 Å². The number of aromatic hydroxyl groups is 2. The summed E-state index contributed by atoms with van der Waals surface area (Å²) in [5, 5.41) is 18.8. The van der Waals surface area contributed by atoms with Crippen LogP contribution < -0.4 is 0 Å². The summed E-state index contributed by atoms with van der Waals surface area (Å²) in [5.41, 5.74) is 2.04. The normalized spacial score (nSPS) is 10.6. The maximum absolute atomic E-state index is 10.9. The molecule has 0 amide bonds. The number of phenolic OH excluding ortho intramolecular Hbond substituents is 2. The highest BCUT2D eigenvalue weighted by molar-refractivity contribution is 5.65. The molecular formula is C17H18O4. The van der Waals surface area contributed by atoms with Crippen molar-refractivity contribution in [1.82, 2.24) is 0 Å². The monoisotopic (exact) mass is 286 g/mol. The third-order valence-electron chi connectivity index (χ3n) is 3.30. The molecule has 2 aromatic carbocycles. The van der Waals surface area contributed by atoms with Crippen LogP contribution in [0.25, 0.3) is 0 Å². The van der Waals surface area contributed by atoms with Gasteiger partial charge in [0, 0.05) is 12.8 Å². The zero-order valence-corrected chi connectivity index (χ0v) is 11.8. The molecule has 110 valence electrons. The van der Waals surface area contributed by atoms with Crippen molar-refractivity contribution in [3.63, 3.8) is 0 Å². The number of esters is 1. The third kappa shape index (κ3) is 4.24. The minimum absolute atomic E-state index is 0.0329. The number of hydrogen-bond donors (Lipinski definition) is 2. The number of benzene rings is 2. The molecule has 0 atom stereocenters. The van der Waals surface area contributed by atoms with Crippen molar-refractivity contribution in [2.24, 2.45) is 0 Å². The molecule has 0 fully saturated rings. The minimum Gasteiger partial charge on any atom is -0.508 e. The maximum Gasteiger partial charge on any atom is 0.302 e. The van der Waals surface area contributed by atoms with Crippen molar-refractivity contribution in [1.29, 1.82) is 0 Å². The van der Waals surface area contributed by atoms with Gasteiger partial charge in [0.1, 0.15) is 11.5 Å². The van der Waals surface area contributed by atoms with E-state index in [2.05, 4.69) is 0 Å². The molecule has 0 heterocycles. The molecule has 4 nitrogen and oxygen atoms in total. The van der Waals surface area contributed by atoms with Gasteiger partial charge in [-0.05, 0) is 41.8 Å². The van der Waals surface area contributed by atoms with Gasteiger partial charge in [-0.3, -0.25) is 4.79 Å². The summed E-state index contributed by atoms with van der Waals surface area (Å²) in [6.07, 6.45) is 0.634. The fourth-order valence-corrected chi connectivity index (χ4v) is 2.26. The van der Waals surface area contributed by atoms with E-state index in [9.17, 15) is 15.0 Å². The third-order valence-corrected chi connectivity index (χ3v) is 3.30. The highest BCUT2D eigenvalue weighted by Crippen LogP contribution is 2.30. The Kier molecular flexibility index (Phi) is 4.82. The fraction of sp³-hybridized carbons (Fsp3) is 0.235. The minimum atomic E-state index is -0.301. The van der Waals surface area contributed by atoms with Crippen LogP contribution in [0.15, 0.2) is 48.5 Å². The second kappa shape index (κ2) is 6.79. The molecule has 0 aromatic heterocycles. The molecule has 21 heavy (non-hydrogen) atoms. The zero-order chi connectivity index (χ0) is 15.2. The topological polar surface area (TPSA) is 66.8 Å². The Morgan fingerprint density at radius 2 is 1.38 bits per heavy atom. The lowest BCUT2D eigenvalue weighted by molar-refractivity contribution is -0.141. The Morgan fingerprint density at radius 3 is 1.76 bits per heavy atom. The van der Waals surface area contributed by atoms with Crippen LogP contribution in [0, 0.1) is 0 Å². The molecule has 0 unspecified atom stereocenters. The second-order valence-corrected chi connectivity index (χ2v) is 4.86. The smallest absolute Gasteiger partial charge is 0.302 e. The average Bonchev–Trinajstić information content (AvgIpc) is 2.46. The van der Waals surface area contributed by atoms with E-state index in [1.165, 1.54) is 6.92 Å². The molecule has 0 bridgehead atoms. The number of carbonyl (C=O) groups is 1. The molecule has 2 rings (SSSR count). The summed E-state index contributed by atoms with van der Waals surface area (Å²) >= 11 is 0. The SMILES string of the molecule is CC(=O)OCCC(c1ccc(O)cc1)c1ccc(O)cc1. The van der Waals surface area contributed by atoms with Gasteiger partial charge in [-0.2, -0.15) is 0 Å². The predicted molar refractivity (Wildman–Crippen MR) is 79.3 cm³/mol. The predicted octanol–water partition coefficient (Wildman–Crippen LogP) is 3.18. The van der Waals surface area contributed by atoms with E-state index >= 15 is 0 Å². The van der Waals surface area contributed by atoms with E-state index in [4.69, 9.17) is 4.74 Å². The van der Waals surface area contributed by atoms with Gasteiger partial charge >= 0.3 is 5.97 Å². The second-order valence-electron chi connectivity index (χ2n) is 4.86. The zero-order valence-electron chi connectivity index (χ0n) is 11.8. The van der Waals surface area contributed by atoms with E-state index in [0.29, 0.717) is 13.0 Å². The van der Waals surface area contributed by atoms with Crippen LogP contribution in [0.5, 0.6) is 11.5 Å². The van der Waals surface area contributed by atoms with Crippen LogP contribution in [0.3, 0.4) is 0 Å². The highest BCUT2D eigenvalue weighted by atomic mass is 16.5. The summed E-state index contributed by atoms with van der Waals surface area (Å²) in [4.78, 5) is 10.9. The molecule has 0 radical (unpaired) electrons. The van der Waals surface area contributed by atoms with E-state index in [0.717, 1.165) is 11.1 Å². The lowest BCUT2D eigenvalue weighted by Gasteiger charge is -2.18. The molecule has 0 saturated heterocycles. The first-order valence-corrected chi connectivity index (χ1v) is 6.77. The highest BCUT2D eigenvalue weighted by Gasteiger charge is 2.15. The first kappa shape index (κ1) is 14.9. The van der Waals surface area contributed by atoms with Crippen LogP contribution in [0.1, 0.15) is 30.4 Å². The summed E-state index contributed by atoms with van der Waals surface area (Å²) in [7, 11) is 0. The van der Waals surface area contributed by atoms with Gasteiger partial charge in [-0.25, -0.2) is 0 Å². The van der Waals surface area contributed by atoms with Crippen molar-refractivity contribution < 1.29 is 19.7 Å². The molecule has 2 N–H and O–H groups in total. The van der Waals surface area contributed by atoms with Crippen LogP contribution in [-0.4, -0.2) is 22.8 Å². The van der Waals surface area contributed by atoms with E-state index in [1.807, 2.05) is 24.3 Å². The molecular weight excluding hydrogens is 268 g/mol. The molecule has 2 aromatic rings. The Balaban J connectivity index is 2.22. The van der Waals surface area contributed by atoms with Gasteiger partial charge in [0.2, 0.25) is 0 Å². The Hall–Kier alpha value is -2.49. The van der Waals surface area contributed by atoms with E-state index in [1.54, 1.807) is 24.3 Å². The van der Waals surface area contributed by atoms with Gasteiger partial charge in [-0.15, -0.1) is 0 Å². The van der Waals surface area contributed by atoms with Crippen LogP contribution >= 0.6 is 0 Å². The molecule has 4 heteroatoms. The largest absolute Gasteiger partial charge is 0.508 e. The summed E-state index contributed by atoms with van der Waals surface area (Å²) in [6.45, 7) is 1.71. The van der Waals surface area contributed by atoms with Crippen LogP contribution in [-0.2, 0) is 9.53 Å². The lowest BCUT2D eigenvalue weighted by atomic mass is 9.89. The fourth-order valence-electron chi connectivity index (χ4n) is 2.26. The Bertz CT molecular complexity index is 542. The number of ether oxygens (including phenoxy) is 1. The first-order chi connectivity index (χ1) is 10.1. The van der Waals surface area contributed by atoms with E-state index in [-0.39, 0.29) is 23.4 Å². The van der Waals surface area contributed by atoms with Crippen molar-refractivity contribution in [2.75, 3.05) is 6.61 Å². The van der Waals surface area contributed by atoms with Crippen molar-refractivity contribution >= 4 is 5.97 Å². The van der Waals surface area contributed by atoms with Gasteiger partial charge < -0.3 is 14.9 Å². The molecule has 0 aliphatic carbocycles. The average molecular weight is 286 g/mol. The number of hydrogen-bond acceptors (Lipinski definition) is 4. The molecule has 0 saturated carbocycles. The quantitative estimate of drug-likeness (QED) is 0.828. The van der Waals surface area contributed by atoms with Crippen molar-refractivity contribution in [2.45, 2.75) is 19.3 Å². The Morgan fingerprint density at radius 1 is 0.952 bits per heavy atom. The van der Waals surface area contributed by atoms with Crippen molar-refractivity contribution in [3.8, 4) is 11.5 Å². The Labute approximate surface area is 123 Å². The summed E-state index contributed by atoms with van der Waals surface area (Å²) in [6, 6.07) is 13.9. The maximum atomic E-state index is 10.9. The molecule has 0 aliphatic rings.